The Balaban J connectivity index is 1.67. The van der Waals surface area contributed by atoms with Crippen LogP contribution >= 0.6 is 11.3 Å². The average molecular weight is 414 g/mol. The van der Waals surface area contributed by atoms with E-state index in [0.717, 1.165) is 29.5 Å². The van der Waals surface area contributed by atoms with Crippen LogP contribution < -0.4 is 5.56 Å². The largest absolute Gasteiger partial charge is 0.292 e. The van der Waals surface area contributed by atoms with Crippen LogP contribution in [0.4, 0.5) is 4.39 Å². The van der Waals surface area contributed by atoms with Crippen molar-refractivity contribution in [1.29, 1.82) is 0 Å². The fourth-order valence-corrected chi connectivity index (χ4v) is 5.25. The van der Waals surface area contributed by atoms with Crippen LogP contribution in [0.5, 0.6) is 0 Å². The maximum Gasteiger partial charge on any atom is 0.279 e. The molecule has 2 aromatic heterocycles. The van der Waals surface area contributed by atoms with Gasteiger partial charge in [-0.3, -0.25) is 9.59 Å². The first-order chi connectivity index (χ1) is 13.6. The smallest absolute Gasteiger partial charge is 0.279 e. The summed E-state index contributed by atoms with van der Waals surface area (Å²) in [5, 5.41) is 8.83. The molecule has 0 radical (unpaired) electrons. The number of rotatable bonds is 3. The third-order valence-corrected chi connectivity index (χ3v) is 7.08. The molecule has 0 aliphatic heterocycles. The second-order valence-corrected chi connectivity index (χ2v) is 10.0. The SMILES string of the molecule is Cc1cc(C(=O)Cn2nnc3sc4c(c3c2=O)CCC(C(C)(C)C)C4)ccc1F. The number of hydrogen-bond donors (Lipinski definition) is 0. The van der Waals surface area contributed by atoms with Gasteiger partial charge in [0.1, 0.15) is 12.4 Å². The Kier molecular flexibility index (Phi) is 4.89. The van der Waals surface area contributed by atoms with E-state index in [4.69, 9.17) is 0 Å². The van der Waals surface area contributed by atoms with Gasteiger partial charge in [0.2, 0.25) is 0 Å². The molecule has 0 amide bonds. The molecule has 1 aromatic carbocycles. The maximum absolute atomic E-state index is 13.5. The molecule has 0 spiro atoms. The van der Waals surface area contributed by atoms with Gasteiger partial charge in [-0.15, -0.1) is 16.4 Å². The van der Waals surface area contributed by atoms with Crippen molar-refractivity contribution in [2.24, 2.45) is 11.3 Å². The number of aromatic nitrogens is 3. The standard InChI is InChI=1S/C22H24FN3O2S/c1-12-9-13(5-8-16(12)23)17(27)11-26-21(28)19-15-7-6-14(22(2,3)4)10-18(15)29-20(19)24-25-26/h5,8-9,14H,6-7,10-11H2,1-4H3. The second-order valence-electron chi connectivity index (χ2n) is 8.93. The van der Waals surface area contributed by atoms with Crippen molar-refractivity contribution in [3.63, 3.8) is 0 Å². The highest BCUT2D eigenvalue weighted by molar-refractivity contribution is 7.18. The molecule has 1 aliphatic carbocycles. The van der Waals surface area contributed by atoms with Gasteiger partial charge >= 0.3 is 0 Å². The van der Waals surface area contributed by atoms with Crippen LogP contribution in [-0.4, -0.2) is 20.8 Å². The summed E-state index contributed by atoms with van der Waals surface area (Å²) in [6.45, 7) is 8.16. The minimum Gasteiger partial charge on any atom is -0.292 e. The highest BCUT2D eigenvalue weighted by Crippen LogP contribution is 2.41. The van der Waals surface area contributed by atoms with E-state index in [1.54, 1.807) is 18.3 Å². The summed E-state index contributed by atoms with van der Waals surface area (Å²) in [6.07, 6.45) is 2.84. The first-order valence-corrected chi connectivity index (χ1v) is 10.6. The van der Waals surface area contributed by atoms with Crippen LogP contribution in [0.15, 0.2) is 23.0 Å². The molecular weight excluding hydrogens is 389 g/mol. The molecule has 1 unspecified atom stereocenters. The zero-order valence-electron chi connectivity index (χ0n) is 17.1. The molecule has 1 atom stereocenters. The molecule has 7 heteroatoms. The van der Waals surface area contributed by atoms with Gasteiger partial charge in [0, 0.05) is 10.4 Å². The van der Waals surface area contributed by atoms with Gasteiger partial charge in [-0.05, 0) is 66.8 Å². The van der Waals surface area contributed by atoms with Crippen molar-refractivity contribution >= 4 is 27.3 Å². The lowest BCUT2D eigenvalue weighted by Gasteiger charge is -2.33. The van der Waals surface area contributed by atoms with Gasteiger partial charge in [0.25, 0.3) is 5.56 Å². The molecule has 29 heavy (non-hydrogen) atoms. The number of carbonyl (C=O) groups is 1. The van der Waals surface area contributed by atoms with Crippen LogP contribution in [0.2, 0.25) is 0 Å². The summed E-state index contributed by atoms with van der Waals surface area (Å²) >= 11 is 1.55. The van der Waals surface area contributed by atoms with E-state index in [9.17, 15) is 14.0 Å². The van der Waals surface area contributed by atoms with Crippen LogP contribution in [0.3, 0.4) is 0 Å². The van der Waals surface area contributed by atoms with Crippen molar-refractivity contribution in [2.75, 3.05) is 0 Å². The Labute approximate surface area is 172 Å². The Morgan fingerprint density at radius 2 is 2.10 bits per heavy atom. The van der Waals surface area contributed by atoms with Crippen molar-refractivity contribution in [3.05, 3.63) is 55.9 Å². The fourth-order valence-electron chi connectivity index (χ4n) is 4.01. The topological polar surface area (TPSA) is 64.8 Å². The van der Waals surface area contributed by atoms with E-state index in [1.807, 2.05) is 0 Å². The van der Waals surface area contributed by atoms with Crippen molar-refractivity contribution < 1.29 is 9.18 Å². The number of benzene rings is 1. The highest BCUT2D eigenvalue weighted by atomic mass is 32.1. The molecule has 2 heterocycles. The Hall–Kier alpha value is -2.41. The zero-order chi connectivity index (χ0) is 20.9. The van der Waals surface area contributed by atoms with Gasteiger partial charge in [0.15, 0.2) is 10.6 Å². The van der Waals surface area contributed by atoms with E-state index in [0.29, 0.717) is 27.3 Å². The van der Waals surface area contributed by atoms with Crippen LogP contribution in [0.1, 0.15) is 53.6 Å². The number of ketones is 1. The Morgan fingerprint density at radius 1 is 1.34 bits per heavy atom. The second kappa shape index (κ2) is 7.13. The summed E-state index contributed by atoms with van der Waals surface area (Å²) in [5.74, 6) is -0.0827. The minimum absolute atomic E-state index is 0.206. The number of nitrogens with zero attached hydrogens (tertiary/aromatic N) is 3. The van der Waals surface area contributed by atoms with Crippen LogP contribution in [-0.2, 0) is 19.4 Å². The molecule has 0 saturated heterocycles. The number of carbonyl (C=O) groups excluding carboxylic acids is 1. The van der Waals surface area contributed by atoms with Crippen molar-refractivity contribution in [1.82, 2.24) is 15.0 Å². The maximum atomic E-state index is 13.5. The van der Waals surface area contributed by atoms with Gasteiger partial charge in [-0.2, -0.15) is 0 Å². The fraction of sp³-hybridized carbons (Fsp3) is 0.455. The molecular formula is C22H24FN3O2S. The summed E-state index contributed by atoms with van der Waals surface area (Å²) in [6, 6.07) is 4.19. The quantitative estimate of drug-likeness (QED) is 0.600. The van der Waals surface area contributed by atoms with E-state index >= 15 is 0 Å². The number of aryl methyl sites for hydroxylation is 2. The first-order valence-electron chi connectivity index (χ1n) is 9.82. The summed E-state index contributed by atoms with van der Waals surface area (Å²) < 4.78 is 14.6. The minimum atomic E-state index is -0.363. The highest BCUT2D eigenvalue weighted by Gasteiger charge is 2.32. The van der Waals surface area contributed by atoms with Gasteiger partial charge in [0.05, 0.1) is 5.39 Å². The summed E-state index contributed by atoms with van der Waals surface area (Å²) in [5.41, 5.74) is 1.78. The number of hydrogen-bond acceptors (Lipinski definition) is 5. The van der Waals surface area contributed by atoms with E-state index < -0.39 is 0 Å². The number of fused-ring (bicyclic) bond motifs is 3. The van der Waals surface area contributed by atoms with Gasteiger partial charge < -0.3 is 0 Å². The van der Waals surface area contributed by atoms with E-state index in [-0.39, 0.29) is 29.1 Å². The van der Waals surface area contributed by atoms with Gasteiger partial charge in [-0.1, -0.05) is 26.0 Å². The third-order valence-electron chi connectivity index (χ3n) is 5.94. The molecule has 4 rings (SSSR count). The van der Waals surface area contributed by atoms with Gasteiger partial charge in [-0.25, -0.2) is 9.07 Å². The molecule has 152 valence electrons. The molecule has 0 bridgehead atoms. The first kappa shape index (κ1) is 19.9. The lowest BCUT2D eigenvalue weighted by molar-refractivity contribution is 0.0964. The van der Waals surface area contributed by atoms with Crippen molar-refractivity contribution in [3.8, 4) is 0 Å². The molecule has 3 aromatic rings. The summed E-state index contributed by atoms with van der Waals surface area (Å²) in [4.78, 5) is 27.5. The van der Waals surface area contributed by atoms with Crippen LogP contribution in [0.25, 0.3) is 10.2 Å². The molecule has 0 fully saturated rings. The van der Waals surface area contributed by atoms with E-state index in [2.05, 4.69) is 31.1 Å². The number of Topliss-reactive ketones (excluding diaryl/α,β-unsaturated/α-hetero) is 1. The molecule has 5 nitrogen and oxygen atoms in total. The molecule has 1 aliphatic rings. The normalized spacial score (nSPS) is 16.8. The lowest BCUT2D eigenvalue weighted by atomic mass is 9.72. The lowest BCUT2D eigenvalue weighted by Crippen LogP contribution is -2.29. The monoisotopic (exact) mass is 413 g/mol. The predicted molar refractivity (Wildman–Crippen MR) is 112 cm³/mol. The Bertz CT molecular complexity index is 1170. The Morgan fingerprint density at radius 3 is 2.79 bits per heavy atom. The molecule has 0 N–H and O–H groups in total. The predicted octanol–water partition coefficient (Wildman–Crippen LogP) is 4.33. The molecule has 0 saturated carbocycles. The zero-order valence-corrected chi connectivity index (χ0v) is 17.9. The average Bonchev–Trinajstić information content (AvgIpc) is 3.04. The van der Waals surface area contributed by atoms with Crippen LogP contribution in [0, 0.1) is 24.1 Å². The summed E-state index contributed by atoms with van der Waals surface area (Å²) in [7, 11) is 0. The van der Waals surface area contributed by atoms with Crippen molar-refractivity contribution in [2.45, 2.75) is 53.5 Å². The number of thiophene rings is 1. The third kappa shape index (κ3) is 3.64. The number of halogens is 1. The van der Waals surface area contributed by atoms with E-state index in [1.165, 1.54) is 23.1 Å².